The van der Waals surface area contributed by atoms with Crippen molar-refractivity contribution >= 4 is 17.3 Å². The zero-order valence-corrected chi connectivity index (χ0v) is 11.0. The minimum Gasteiger partial charge on any atom is -0.371 e. The third-order valence-electron chi connectivity index (χ3n) is 3.46. The van der Waals surface area contributed by atoms with E-state index in [0.717, 1.165) is 23.7 Å². The van der Waals surface area contributed by atoms with Crippen LogP contribution >= 0.6 is 11.6 Å². The molecule has 1 aliphatic heterocycles. The van der Waals surface area contributed by atoms with Gasteiger partial charge >= 0.3 is 0 Å². The molecular weight excluding hydrogens is 232 g/mol. The number of nitrogens with zero attached hydrogens (tertiary/aromatic N) is 1. The molecule has 1 heterocycles. The fourth-order valence-corrected chi connectivity index (χ4v) is 2.71. The Hall–Kier alpha value is -0.730. The summed E-state index contributed by atoms with van der Waals surface area (Å²) < 4.78 is 0. The summed E-state index contributed by atoms with van der Waals surface area (Å²) in [7, 11) is 0. The molecule has 0 saturated carbocycles. The molecule has 1 saturated heterocycles. The van der Waals surface area contributed by atoms with Crippen molar-refractivity contribution in [1.82, 2.24) is 0 Å². The zero-order valence-electron chi connectivity index (χ0n) is 10.3. The van der Waals surface area contributed by atoms with Gasteiger partial charge in [-0.1, -0.05) is 30.9 Å². The van der Waals surface area contributed by atoms with E-state index in [-0.39, 0.29) is 0 Å². The Bertz CT molecular complexity index is 357. The molecule has 0 aromatic heterocycles. The zero-order chi connectivity index (χ0) is 12.1. The normalized spacial score (nSPS) is 17.6. The average molecular weight is 253 g/mol. The molecule has 0 spiro atoms. The molecule has 94 valence electrons. The molecule has 0 amide bonds. The third-order valence-corrected chi connectivity index (χ3v) is 3.69. The molecule has 1 aromatic carbocycles. The van der Waals surface area contributed by atoms with Crippen LogP contribution in [0.25, 0.3) is 0 Å². The van der Waals surface area contributed by atoms with Crippen LogP contribution in [0.3, 0.4) is 0 Å². The summed E-state index contributed by atoms with van der Waals surface area (Å²) >= 11 is 6.02. The summed E-state index contributed by atoms with van der Waals surface area (Å²) in [6, 6.07) is 6.08. The van der Waals surface area contributed by atoms with E-state index in [0.29, 0.717) is 6.54 Å². The lowest BCUT2D eigenvalue weighted by Gasteiger charge is -2.28. The van der Waals surface area contributed by atoms with Gasteiger partial charge in [-0.05, 0) is 36.6 Å². The van der Waals surface area contributed by atoms with E-state index in [1.807, 2.05) is 12.1 Å². The Balaban J connectivity index is 2.18. The summed E-state index contributed by atoms with van der Waals surface area (Å²) in [6.07, 6.45) is 6.65. The molecule has 0 aliphatic carbocycles. The van der Waals surface area contributed by atoms with Crippen molar-refractivity contribution < 1.29 is 0 Å². The van der Waals surface area contributed by atoms with Gasteiger partial charge in [0, 0.05) is 30.3 Å². The minimum atomic E-state index is 0.562. The number of hydrogen-bond acceptors (Lipinski definition) is 2. The maximum absolute atomic E-state index is 6.02. The van der Waals surface area contributed by atoms with Crippen molar-refractivity contribution in [3.05, 3.63) is 28.8 Å². The topological polar surface area (TPSA) is 29.3 Å². The van der Waals surface area contributed by atoms with Gasteiger partial charge in [0.1, 0.15) is 0 Å². The molecule has 2 nitrogen and oxygen atoms in total. The fourth-order valence-electron chi connectivity index (χ4n) is 2.51. The highest BCUT2D eigenvalue weighted by Crippen LogP contribution is 2.26. The molecule has 0 radical (unpaired) electrons. The quantitative estimate of drug-likeness (QED) is 0.872. The molecular formula is C14H21ClN2. The summed E-state index contributed by atoms with van der Waals surface area (Å²) in [5.74, 6) is 0. The van der Waals surface area contributed by atoms with Crippen molar-refractivity contribution in [2.75, 3.05) is 18.0 Å². The Kier molecular flexibility index (Phi) is 4.69. The second kappa shape index (κ2) is 6.27. The van der Waals surface area contributed by atoms with Crippen LogP contribution in [-0.2, 0) is 6.54 Å². The third kappa shape index (κ3) is 3.36. The highest BCUT2D eigenvalue weighted by atomic mass is 35.5. The summed E-state index contributed by atoms with van der Waals surface area (Å²) in [5, 5.41) is 0.779. The monoisotopic (exact) mass is 252 g/mol. The van der Waals surface area contributed by atoms with Crippen LogP contribution in [0, 0.1) is 0 Å². The number of rotatable bonds is 2. The van der Waals surface area contributed by atoms with Crippen LogP contribution in [0.1, 0.15) is 37.7 Å². The van der Waals surface area contributed by atoms with Gasteiger partial charge < -0.3 is 10.6 Å². The van der Waals surface area contributed by atoms with Crippen molar-refractivity contribution in [3.63, 3.8) is 0 Å². The van der Waals surface area contributed by atoms with E-state index in [4.69, 9.17) is 17.3 Å². The van der Waals surface area contributed by atoms with Gasteiger partial charge in [-0.2, -0.15) is 0 Å². The van der Waals surface area contributed by atoms with Crippen LogP contribution < -0.4 is 10.6 Å². The Labute approximate surface area is 109 Å². The first-order chi connectivity index (χ1) is 8.31. The molecule has 1 aliphatic rings. The average Bonchev–Trinajstić information content (AvgIpc) is 2.29. The van der Waals surface area contributed by atoms with Crippen molar-refractivity contribution in [2.45, 2.75) is 38.6 Å². The predicted octanol–water partition coefficient (Wildman–Crippen LogP) is 3.57. The molecule has 3 heteroatoms. The molecule has 17 heavy (non-hydrogen) atoms. The first kappa shape index (κ1) is 12.7. The molecule has 2 rings (SSSR count). The van der Waals surface area contributed by atoms with E-state index in [9.17, 15) is 0 Å². The highest BCUT2D eigenvalue weighted by Gasteiger charge is 2.12. The summed E-state index contributed by atoms with van der Waals surface area (Å²) in [4.78, 5) is 2.47. The van der Waals surface area contributed by atoms with Crippen LogP contribution in [0.5, 0.6) is 0 Å². The Morgan fingerprint density at radius 2 is 1.71 bits per heavy atom. The second-order valence-corrected chi connectivity index (χ2v) is 5.17. The van der Waals surface area contributed by atoms with Crippen LogP contribution in [0.2, 0.25) is 5.02 Å². The van der Waals surface area contributed by atoms with Crippen LogP contribution in [0.15, 0.2) is 18.2 Å². The van der Waals surface area contributed by atoms with Gasteiger partial charge in [-0.3, -0.25) is 0 Å². The fraction of sp³-hybridized carbons (Fsp3) is 0.571. The standard InChI is InChI=1S/C14H21ClN2/c15-13-6-7-14(12(10-13)11-16)17-8-4-2-1-3-5-9-17/h6-7,10H,1-5,8-9,11,16H2. The first-order valence-corrected chi connectivity index (χ1v) is 6.92. The molecule has 0 unspecified atom stereocenters. The van der Waals surface area contributed by atoms with E-state index in [1.54, 1.807) is 0 Å². The molecule has 1 fully saturated rings. The van der Waals surface area contributed by atoms with Crippen molar-refractivity contribution in [2.24, 2.45) is 5.73 Å². The number of benzene rings is 1. The molecule has 0 bridgehead atoms. The highest BCUT2D eigenvalue weighted by molar-refractivity contribution is 6.30. The summed E-state index contributed by atoms with van der Waals surface area (Å²) in [6.45, 7) is 2.86. The lowest BCUT2D eigenvalue weighted by molar-refractivity contribution is 0.555. The van der Waals surface area contributed by atoms with Gasteiger partial charge in [0.2, 0.25) is 0 Å². The van der Waals surface area contributed by atoms with Crippen molar-refractivity contribution in [3.8, 4) is 0 Å². The smallest absolute Gasteiger partial charge is 0.0412 e. The summed E-state index contributed by atoms with van der Waals surface area (Å²) in [5.41, 5.74) is 8.25. The Morgan fingerprint density at radius 1 is 1.06 bits per heavy atom. The van der Waals surface area contributed by atoms with E-state index in [2.05, 4.69) is 11.0 Å². The van der Waals surface area contributed by atoms with Crippen molar-refractivity contribution in [1.29, 1.82) is 0 Å². The number of halogens is 1. The van der Waals surface area contributed by atoms with Gasteiger partial charge in [-0.25, -0.2) is 0 Å². The minimum absolute atomic E-state index is 0.562. The maximum atomic E-state index is 6.02. The van der Waals surface area contributed by atoms with Gasteiger partial charge in [0.05, 0.1) is 0 Å². The van der Waals surface area contributed by atoms with Gasteiger partial charge in [0.15, 0.2) is 0 Å². The lowest BCUT2D eigenvalue weighted by Crippen LogP contribution is -2.28. The number of anilines is 1. The van der Waals surface area contributed by atoms with E-state index in [1.165, 1.54) is 37.8 Å². The number of hydrogen-bond donors (Lipinski definition) is 1. The Morgan fingerprint density at radius 3 is 2.35 bits per heavy atom. The first-order valence-electron chi connectivity index (χ1n) is 6.54. The van der Waals surface area contributed by atoms with Crippen LogP contribution in [0.4, 0.5) is 5.69 Å². The van der Waals surface area contributed by atoms with Crippen LogP contribution in [-0.4, -0.2) is 13.1 Å². The predicted molar refractivity (Wildman–Crippen MR) is 74.6 cm³/mol. The molecule has 0 atom stereocenters. The molecule has 1 aromatic rings. The number of nitrogens with two attached hydrogens (primary N) is 1. The maximum Gasteiger partial charge on any atom is 0.0412 e. The van der Waals surface area contributed by atoms with E-state index < -0.39 is 0 Å². The second-order valence-electron chi connectivity index (χ2n) is 4.73. The SMILES string of the molecule is NCc1cc(Cl)ccc1N1CCCCCCC1. The van der Waals surface area contributed by atoms with Gasteiger partial charge in [-0.15, -0.1) is 0 Å². The van der Waals surface area contributed by atoms with E-state index >= 15 is 0 Å². The lowest BCUT2D eigenvalue weighted by atomic mass is 10.1. The largest absolute Gasteiger partial charge is 0.371 e. The molecule has 2 N–H and O–H groups in total. The van der Waals surface area contributed by atoms with Gasteiger partial charge in [0.25, 0.3) is 0 Å².